The van der Waals surface area contributed by atoms with Gasteiger partial charge in [0.2, 0.25) is 20.0 Å². The number of likely N-dealkylation sites (N-methyl/N-ethyl adjacent to an activating group) is 2. The van der Waals surface area contributed by atoms with Crippen LogP contribution in [0.1, 0.15) is 25.0 Å². The molecule has 0 atom stereocenters. The van der Waals surface area contributed by atoms with Crippen LogP contribution in [-0.4, -0.2) is 101 Å². The van der Waals surface area contributed by atoms with Gasteiger partial charge in [-0.1, -0.05) is 72.4 Å². The Balaban J connectivity index is 1.25. The SMILES string of the molecule is CCN1CCN(S(=O)(=O)c2cc(COP(=O)(OC#N)OCc3ccc(Oc4cc(Cl)cc(Cl)c4)c(S(=O)(=O)N4CCN(CC)CC4)c3)ccc2Oc2cc(Cl)cc(Cl)c2)CC1. The highest BCUT2D eigenvalue weighted by atomic mass is 35.5. The summed E-state index contributed by atoms with van der Waals surface area (Å²) in [6, 6.07) is 17.3. The Kier molecular flexibility index (Phi) is 15.9. The van der Waals surface area contributed by atoms with E-state index in [4.69, 9.17) is 69.4 Å². The number of phosphoric ester groups is 1. The molecule has 22 heteroatoms. The van der Waals surface area contributed by atoms with E-state index in [0.29, 0.717) is 26.2 Å². The van der Waals surface area contributed by atoms with E-state index in [9.17, 15) is 26.7 Å². The number of nitrogens with zero attached hydrogens (tertiary/aromatic N) is 5. The molecule has 2 aliphatic heterocycles. The minimum atomic E-state index is -4.70. The molecule has 61 heavy (non-hydrogen) atoms. The van der Waals surface area contributed by atoms with E-state index in [1.807, 2.05) is 13.8 Å². The number of rotatable bonds is 17. The summed E-state index contributed by atoms with van der Waals surface area (Å²) in [6.07, 6.45) is 1.34. The molecule has 2 heterocycles. The lowest BCUT2D eigenvalue weighted by Gasteiger charge is -2.33. The molecule has 0 aliphatic carbocycles. The van der Waals surface area contributed by atoms with E-state index in [1.54, 1.807) is 0 Å². The van der Waals surface area contributed by atoms with Gasteiger partial charge in [-0.15, -0.1) is 5.26 Å². The van der Waals surface area contributed by atoms with Crippen LogP contribution in [-0.2, 0) is 51.4 Å². The molecule has 0 aromatic heterocycles. The third kappa shape index (κ3) is 12.1. The summed E-state index contributed by atoms with van der Waals surface area (Å²) < 4.78 is 101. The fourth-order valence-electron chi connectivity index (χ4n) is 6.58. The van der Waals surface area contributed by atoms with Crippen LogP contribution in [0.4, 0.5) is 0 Å². The maximum atomic E-state index is 14.1. The number of nitriles is 1. The third-order valence-corrected chi connectivity index (χ3v) is 15.8. The predicted octanol–water partition coefficient (Wildman–Crippen LogP) is 8.88. The fraction of sp³-hybridized carbons (Fsp3) is 0.359. The normalized spacial score (nSPS) is 16.3. The zero-order valence-electron chi connectivity index (χ0n) is 33.0. The lowest BCUT2D eigenvalue weighted by Crippen LogP contribution is -2.48. The van der Waals surface area contributed by atoms with Crippen LogP contribution in [0.25, 0.3) is 0 Å². The van der Waals surface area contributed by atoms with Gasteiger partial charge in [0.1, 0.15) is 32.8 Å². The van der Waals surface area contributed by atoms with Crippen molar-refractivity contribution >= 4 is 74.3 Å². The molecule has 0 N–H and O–H groups in total. The molecular formula is C39H42Cl4N5O10PS2. The molecule has 2 saturated heterocycles. The number of piperazine rings is 2. The summed E-state index contributed by atoms with van der Waals surface area (Å²) >= 11 is 24.7. The number of sulfonamides is 2. The molecule has 4 aromatic carbocycles. The van der Waals surface area contributed by atoms with Crippen molar-refractivity contribution in [1.82, 2.24) is 18.4 Å². The topological polar surface area (TPSA) is 168 Å². The molecule has 0 spiro atoms. The lowest BCUT2D eigenvalue weighted by atomic mass is 10.2. The van der Waals surface area contributed by atoms with Crippen LogP contribution in [0, 0.1) is 11.5 Å². The largest absolute Gasteiger partial charge is 0.540 e. The van der Waals surface area contributed by atoms with Gasteiger partial charge in [0.25, 0.3) is 6.26 Å². The molecular weight excluding hydrogens is 935 g/mol. The average molecular weight is 978 g/mol. The van der Waals surface area contributed by atoms with Gasteiger partial charge in [-0.3, -0.25) is 9.05 Å². The third-order valence-electron chi connectivity index (χ3n) is 9.87. The van der Waals surface area contributed by atoms with E-state index in [1.165, 1.54) is 87.7 Å². The van der Waals surface area contributed by atoms with E-state index >= 15 is 0 Å². The molecule has 0 bridgehead atoms. The van der Waals surface area contributed by atoms with Gasteiger partial charge in [-0.25, -0.2) is 21.4 Å². The Morgan fingerprint density at radius 3 is 1.28 bits per heavy atom. The van der Waals surface area contributed by atoms with Gasteiger partial charge >= 0.3 is 7.82 Å². The number of ether oxygens (including phenoxy) is 2. The van der Waals surface area contributed by atoms with Crippen molar-refractivity contribution in [1.29, 1.82) is 5.26 Å². The Bertz CT molecular complexity index is 2330. The van der Waals surface area contributed by atoms with E-state index in [0.717, 1.165) is 13.1 Å². The molecule has 0 saturated carbocycles. The zero-order valence-corrected chi connectivity index (χ0v) is 38.6. The van der Waals surface area contributed by atoms with Crippen molar-refractivity contribution in [3.05, 3.63) is 104 Å². The number of phosphoric acid groups is 1. The van der Waals surface area contributed by atoms with Gasteiger partial charge < -0.3 is 23.8 Å². The highest BCUT2D eigenvalue weighted by Crippen LogP contribution is 2.51. The Labute approximate surface area is 375 Å². The average Bonchev–Trinajstić information content (AvgIpc) is 3.22. The second-order valence-corrected chi connectivity index (χ2v) is 21.0. The molecule has 4 aromatic rings. The van der Waals surface area contributed by atoms with Crippen LogP contribution in [0.2, 0.25) is 20.1 Å². The summed E-state index contributed by atoms with van der Waals surface area (Å²) in [6.45, 7) is 7.52. The number of benzene rings is 4. The highest BCUT2D eigenvalue weighted by Gasteiger charge is 2.35. The summed E-state index contributed by atoms with van der Waals surface area (Å²) in [7, 11) is -13.0. The smallest absolute Gasteiger partial charge is 0.456 e. The van der Waals surface area contributed by atoms with Gasteiger partial charge in [-0.05, 0) is 84.9 Å². The molecule has 0 amide bonds. The van der Waals surface area contributed by atoms with Crippen LogP contribution in [0.15, 0.2) is 82.6 Å². The lowest BCUT2D eigenvalue weighted by molar-refractivity contribution is 0.134. The van der Waals surface area contributed by atoms with Crippen molar-refractivity contribution in [2.45, 2.75) is 36.9 Å². The highest BCUT2D eigenvalue weighted by molar-refractivity contribution is 7.89. The van der Waals surface area contributed by atoms with Crippen LogP contribution < -0.4 is 9.47 Å². The number of hydrogen-bond donors (Lipinski definition) is 0. The first-order valence-corrected chi connectivity index (χ1v) is 24.8. The predicted molar refractivity (Wildman–Crippen MR) is 232 cm³/mol. The Hall–Kier alpha value is -3.18. The minimum Gasteiger partial charge on any atom is -0.456 e. The first kappa shape index (κ1) is 47.3. The van der Waals surface area contributed by atoms with Crippen molar-refractivity contribution in [3.63, 3.8) is 0 Å². The van der Waals surface area contributed by atoms with E-state index in [-0.39, 0.29) is 90.2 Å². The summed E-state index contributed by atoms with van der Waals surface area (Å²) in [5.74, 6) is 0.322. The molecule has 0 unspecified atom stereocenters. The van der Waals surface area contributed by atoms with Gasteiger partial charge in [0, 0.05) is 72.4 Å². The minimum absolute atomic E-state index is 0.0309. The second-order valence-electron chi connectivity index (χ2n) is 13.8. The molecule has 0 radical (unpaired) electrons. The van der Waals surface area contributed by atoms with Crippen LogP contribution in [0.3, 0.4) is 0 Å². The maximum absolute atomic E-state index is 14.1. The summed E-state index contributed by atoms with van der Waals surface area (Å²) in [5.41, 5.74) is 0.429. The molecule has 2 aliphatic rings. The van der Waals surface area contributed by atoms with Gasteiger partial charge in [0.15, 0.2) is 0 Å². The van der Waals surface area contributed by atoms with Crippen molar-refractivity contribution in [2.24, 2.45) is 0 Å². The maximum Gasteiger partial charge on any atom is 0.540 e. The Morgan fingerprint density at radius 1 is 0.590 bits per heavy atom. The standard InChI is InChI=1S/C39H42Cl4N5O10PS2/c1-3-45-9-13-47(14-10-45)60(50,51)38-17-28(5-7-36(38)57-34-21-30(40)19-31(41)22-34)25-54-59(49,56-27-44)55-26-29-6-8-37(58-35-23-32(42)20-33(43)24-35)39(18-29)61(52,53)48-15-11-46(4-2)12-16-48/h5-8,17-24H,3-4,9-16,25-26H2,1-2H3. The van der Waals surface area contributed by atoms with Crippen molar-refractivity contribution < 1.29 is 44.4 Å². The fourth-order valence-corrected chi connectivity index (χ4v) is 11.7. The van der Waals surface area contributed by atoms with Crippen molar-refractivity contribution in [3.8, 4) is 29.3 Å². The summed E-state index contributed by atoms with van der Waals surface area (Å²) in [5, 5.41) is 10.5. The van der Waals surface area contributed by atoms with Crippen LogP contribution >= 0.6 is 54.2 Å². The van der Waals surface area contributed by atoms with Crippen molar-refractivity contribution in [2.75, 3.05) is 65.4 Å². The quantitative estimate of drug-likeness (QED) is 0.0728. The zero-order chi connectivity index (χ0) is 44.0. The van der Waals surface area contributed by atoms with Gasteiger partial charge in [-0.2, -0.15) is 8.61 Å². The van der Waals surface area contributed by atoms with Gasteiger partial charge in [0.05, 0.1) is 13.2 Å². The Morgan fingerprint density at radius 2 is 0.951 bits per heavy atom. The molecule has 328 valence electrons. The first-order valence-electron chi connectivity index (χ1n) is 19.0. The van der Waals surface area contributed by atoms with E-state index in [2.05, 4.69) is 9.80 Å². The number of halogens is 4. The summed E-state index contributed by atoms with van der Waals surface area (Å²) in [4.78, 5) is 3.84. The second kappa shape index (κ2) is 20.5. The first-order chi connectivity index (χ1) is 29.0. The monoisotopic (exact) mass is 975 g/mol. The van der Waals surface area contributed by atoms with E-state index < -0.39 is 41.1 Å². The molecule has 15 nitrogen and oxygen atoms in total. The number of hydrogen-bond acceptors (Lipinski definition) is 13. The molecule has 2 fully saturated rings. The van der Waals surface area contributed by atoms with Crippen LogP contribution in [0.5, 0.6) is 23.0 Å². The molecule has 6 rings (SSSR count).